The van der Waals surface area contributed by atoms with Gasteiger partial charge in [-0.2, -0.15) is 0 Å². The lowest BCUT2D eigenvalue weighted by molar-refractivity contribution is 0.259. The SMILES string of the molecule is O=C(N=S)Nc1ccccc1OCCCCCCCCNC(=S)Nc1cccc(Cl)c1. The first-order valence-electron chi connectivity index (χ1n) is 10.2. The molecular weight excluding hydrogens is 452 g/mol. The third-order valence-electron chi connectivity index (χ3n) is 4.41. The summed E-state index contributed by atoms with van der Waals surface area (Å²) >= 11 is 15.6. The highest BCUT2D eigenvalue weighted by atomic mass is 35.5. The second-order valence-corrected chi connectivity index (χ2v) is 7.91. The highest BCUT2D eigenvalue weighted by molar-refractivity contribution is 7.80. The first-order chi connectivity index (χ1) is 15.1. The summed E-state index contributed by atoms with van der Waals surface area (Å²) < 4.78 is 8.95. The number of anilines is 2. The summed E-state index contributed by atoms with van der Waals surface area (Å²) in [7, 11) is 0. The van der Waals surface area contributed by atoms with Crippen LogP contribution < -0.4 is 20.7 Å². The van der Waals surface area contributed by atoms with E-state index in [1.54, 1.807) is 6.07 Å². The van der Waals surface area contributed by atoms with E-state index in [0.29, 0.717) is 28.2 Å². The van der Waals surface area contributed by atoms with Crippen LogP contribution in [0.25, 0.3) is 0 Å². The van der Waals surface area contributed by atoms with E-state index in [1.807, 2.05) is 42.5 Å². The summed E-state index contributed by atoms with van der Waals surface area (Å²) in [6.07, 6.45) is 6.59. The number of urea groups is 1. The van der Waals surface area contributed by atoms with E-state index in [1.165, 1.54) is 6.42 Å². The van der Waals surface area contributed by atoms with Gasteiger partial charge < -0.3 is 20.7 Å². The molecule has 0 aliphatic carbocycles. The minimum atomic E-state index is -0.568. The Morgan fingerprint density at radius 1 is 0.968 bits per heavy atom. The number of para-hydroxylation sites is 2. The second-order valence-electron chi connectivity index (χ2n) is 6.88. The Hall–Kier alpha value is -2.29. The summed E-state index contributed by atoms with van der Waals surface area (Å²) in [5.41, 5.74) is 1.46. The van der Waals surface area contributed by atoms with Gasteiger partial charge in [-0.25, -0.2) is 4.79 Å². The molecule has 0 fully saturated rings. The molecule has 0 aliphatic heterocycles. The molecule has 166 valence electrons. The molecule has 0 heterocycles. The summed E-state index contributed by atoms with van der Waals surface area (Å²) in [5.74, 6) is 0.628. The molecule has 0 unspecified atom stereocenters. The summed E-state index contributed by atoms with van der Waals surface area (Å²) in [5, 5.41) is 10.2. The predicted molar refractivity (Wildman–Crippen MR) is 134 cm³/mol. The maximum Gasteiger partial charge on any atom is 0.356 e. The lowest BCUT2D eigenvalue weighted by Crippen LogP contribution is -2.29. The monoisotopic (exact) mass is 478 g/mol. The van der Waals surface area contributed by atoms with Gasteiger partial charge in [0.1, 0.15) is 5.75 Å². The van der Waals surface area contributed by atoms with Crippen LogP contribution >= 0.6 is 23.8 Å². The Bertz CT molecular complexity index is 867. The van der Waals surface area contributed by atoms with E-state index in [0.717, 1.165) is 44.3 Å². The molecule has 0 saturated heterocycles. The zero-order valence-electron chi connectivity index (χ0n) is 17.2. The molecule has 2 aromatic rings. The number of hydrogen-bond donors (Lipinski definition) is 3. The van der Waals surface area contributed by atoms with Crippen LogP contribution in [-0.4, -0.2) is 24.3 Å². The Morgan fingerprint density at radius 3 is 2.48 bits per heavy atom. The van der Waals surface area contributed by atoms with Crippen molar-refractivity contribution in [1.82, 2.24) is 5.32 Å². The quantitative estimate of drug-likeness (QED) is 0.245. The van der Waals surface area contributed by atoms with Crippen LogP contribution in [0, 0.1) is 0 Å². The van der Waals surface area contributed by atoms with Gasteiger partial charge in [0.05, 0.1) is 12.3 Å². The average molecular weight is 479 g/mol. The van der Waals surface area contributed by atoms with Crippen molar-refractivity contribution in [2.24, 2.45) is 4.36 Å². The van der Waals surface area contributed by atoms with Gasteiger partial charge in [-0.15, -0.1) is 4.36 Å². The molecule has 9 heteroatoms. The molecule has 31 heavy (non-hydrogen) atoms. The standard InChI is InChI=1S/C22H27ClN4O2S2/c23-17-10-9-11-18(16-17)25-22(30)24-14-7-3-1-2-4-8-15-29-20-13-6-5-12-19(20)26-21(28)27-31/h5-6,9-13,16H,1-4,7-8,14-15H2,(H,26,28)(H2,24,25,30). The molecule has 0 atom stereocenters. The van der Waals surface area contributed by atoms with Gasteiger partial charge in [-0.1, -0.05) is 55.5 Å². The minimum Gasteiger partial charge on any atom is -0.491 e. The van der Waals surface area contributed by atoms with Gasteiger partial charge >= 0.3 is 6.03 Å². The highest BCUT2D eigenvalue weighted by Gasteiger charge is 2.06. The number of unbranched alkanes of at least 4 members (excludes halogenated alkanes) is 5. The van der Waals surface area contributed by atoms with Crippen molar-refractivity contribution >= 4 is 58.8 Å². The lowest BCUT2D eigenvalue weighted by atomic mass is 10.1. The Morgan fingerprint density at radius 2 is 1.71 bits per heavy atom. The van der Waals surface area contributed by atoms with E-state index in [-0.39, 0.29) is 0 Å². The van der Waals surface area contributed by atoms with Gasteiger partial charge in [0.2, 0.25) is 0 Å². The minimum absolute atomic E-state index is 0.568. The van der Waals surface area contributed by atoms with Crippen LogP contribution in [0.1, 0.15) is 38.5 Å². The van der Waals surface area contributed by atoms with Crippen molar-refractivity contribution in [3.8, 4) is 5.75 Å². The van der Waals surface area contributed by atoms with E-state index < -0.39 is 6.03 Å². The molecule has 0 bridgehead atoms. The molecule has 0 aromatic heterocycles. The number of amides is 2. The van der Waals surface area contributed by atoms with Crippen molar-refractivity contribution in [3.05, 3.63) is 53.6 Å². The van der Waals surface area contributed by atoms with Crippen LogP contribution in [0.2, 0.25) is 5.02 Å². The maximum atomic E-state index is 11.3. The molecule has 0 aliphatic rings. The molecule has 3 N–H and O–H groups in total. The van der Waals surface area contributed by atoms with E-state index >= 15 is 0 Å². The number of thiocarbonyl (C=S) groups is 1. The number of halogens is 1. The molecule has 0 radical (unpaired) electrons. The van der Waals surface area contributed by atoms with Crippen molar-refractivity contribution in [1.29, 1.82) is 0 Å². The largest absolute Gasteiger partial charge is 0.491 e. The number of hydrogen-bond acceptors (Lipinski definition) is 4. The first kappa shape index (κ1) is 25.0. The predicted octanol–water partition coefficient (Wildman–Crippen LogP) is 6.31. The van der Waals surface area contributed by atoms with E-state index in [4.69, 9.17) is 28.6 Å². The molecule has 2 aromatic carbocycles. The van der Waals surface area contributed by atoms with Crippen molar-refractivity contribution in [2.45, 2.75) is 38.5 Å². The Kier molecular flexibility index (Phi) is 11.8. The third kappa shape index (κ3) is 10.5. The number of carbonyl (C=O) groups is 1. The summed E-state index contributed by atoms with van der Waals surface area (Å²) in [4.78, 5) is 11.3. The molecule has 2 amide bonds. The van der Waals surface area contributed by atoms with Gasteiger partial charge in [0, 0.05) is 29.7 Å². The molecule has 0 spiro atoms. The van der Waals surface area contributed by atoms with Crippen LogP contribution in [0.4, 0.5) is 16.2 Å². The summed E-state index contributed by atoms with van der Waals surface area (Å²) in [6.45, 7) is 1.44. The van der Waals surface area contributed by atoms with Gasteiger partial charge in [0.15, 0.2) is 5.11 Å². The Labute approximate surface area is 199 Å². The summed E-state index contributed by atoms with van der Waals surface area (Å²) in [6, 6.07) is 14.2. The van der Waals surface area contributed by atoms with E-state index in [2.05, 4.69) is 32.7 Å². The highest BCUT2D eigenvalue weighted by Crippen LogP contribution is 2.24. The van der Waals surface area contributed by atoms with Crippen LogP contribution in [0.5, 0.6) is 5.75 Å². The van der Waals surface area contributed by atoms with Crippen molar-refractivity contribution < 1.29 is 9.53 Å². The number of carbonyl (C=O) groups excluding carboxylic acids is 1. The fraction of sp³-hybridized carbons (Fsp3) is 0.364. The number of rotatable bonds is 12. The normalized spacial score (nSPS) is 10.2. The maximum absolute atomic E-state index is 11.3. The number of benzene rings is 2. The number of nitrogens with zero attached hydrogens (tertiary/aromatic N) is 1. The van der Waals surface area contributed by atoms with Crippen LogP contribution in [-0.2, 0) is 12.4 Å². The number of nitrogens with one attached hydrogen (secondary N) is 3. The van der Waals surface area contributed by atoms with Gasteiger partial charge in [-0.05, 0) is 55.4 Å². The van der Waals surface area contributed by atoms with Crippen molar-refractivity contribution in [2.75, 3.05) is 23.8 Å². The number of ether oxygens (including phenoxy) is 1. The third-order valence-corrected chi connectivity index (χ3v) is 5.06. The van der Waals surface area contributed by atoms with Crippen LogP contribution in [0.15, 0.2) is 52.9 Å². The fourth-order valence-corrected chi connectivity index (χ4v) is 3.35. The molecular formula is C22H27ClN4O2S2. The smallest absolute Gasteiger partial charge is 0.356 e. The zero-order chi connectivity index (χ0) is 22.3. The van der Waals surface area contributed by atoms with Gasteiger partial charge in [0.25, 0.3) is 0 Å². The second kappa shape index (κ2) is 14.7. The Balaban J connectivity index is 1.48. The molecule has 0 saturated carbocycles. The molecule has 6 nitrogen and oxygen atoms in total. The topological polar surface area (TPSA) is 74.8 Å². The first-order valence-corrected chi connectivity index (χ1v) is 11.4. The zero-order valence-corrected chi connectivity index (χ0v) is 19.6. The van der Waals surface area contributed by atoms with Crippen molar-refractivity contribution in [3.63, 3.8) is 0 Å². The van der Waals surface area contributed by atoms with E-state index in [9.17, 15) is 4.79 Å². The fourth-order valence-electron chi connectivity index (χ4n) is 2.89. The van der Waals surface area contributed by atoms with Gasteiger partial charge in [-0.3, -0.25) is 0 Å². The molecule has 2 rings (SSSR count). The average Bonchev–Trinajstić information content (AvgIpc) is 2.76. The lowest BCUT2D eigenvalue weighted by Gasteiger charge is -2.11. The van der Waals surface area contributed by atoms with Crippen LogP contribution in [0.3, 0.4) is 0 Å².